The van der Waals surface area contributed by atoms with E-state index in [1.807, 2.05) is 5.38 Å². The summed E-state index contributed by atoms with van der Waals surface area (Å²) in [5.41, 5.74) is 6.98. The second-order valence-corrected chi connectivity index (χ2v) is 9.12. The Bertz CT molecular complexity index is 914. The Labute approximate surface area is 165 Å². The molecule has 0 bridgehead atoms. The lowest BCUT2D eigenvalue weighted by atomic mass is 10.2. The summed E-state index contributed by atoms with van der Waals surface area (Å²) in [6.07, 6.45) is 0. The number of nitrogens with two attached hydrogens (primary N) is 1. The van der Waals surface area contributed by atoms with E-state index < -0.39 is 0 Å². The number of hydrogen-bond donors (Lipinski definition) is 2. The van der Waals surface area contributed by atoms with E-state index in [4.69, 9.17) is 28.9 Å². The minimum absolute atomic E-state index is 0.179. The molecule has 1 aromatic carbocycles. The van der Waals surface area contributed by atoms with Gasteiger partial charge in [0.25, 0.3) is 0 Å². The van der Waals surface area contributed by atoms with Crippen molar-refractivity contribution < 1.29 is 4.79 Å². The molecule has 11 heteroatoms. The molecule has 25 heavy (non-hydrogen) atoms. The zero-order chi connectivity index (χ0) is 18.0. The van der Waals surface area contributed by atoms with Gasteiger partial charge in [0.05, 0.1) is 16.0 Å². The van der Waals surface area contributed by atoms with Crippen molar-refractivity contribution in [3.05, 3.63) is 33.6 Å². The van der Waals surface area contributed by atoms with E-state index in [2.05, 4.69) is 20.5 Å². The Hall–Kier alpha value is -1.39. The van der Waals surface area contributed by atoms with Crippen LogP contribution in [0.5, 0.6) is 0 Å². The molecule has 3 rings (SSSR count). The molecule has 3 N–H and O–H groups in total. The number of amides is 1. The van der Waals surface area contributed by atoms with Crippen LogP contribution in [-0.2, 0) is 4.79 Å². The first-order valence-electron chi connectivity index (χ1n) is 6.90. The Morgan fingerprint density at radius 1 is 1.36 bits per heavy atom. The molecule has 0 fully saturated rings. The Morgan fingerprint density at radius 3 is 2.84 bits per heavy atom. The van der Waals surface area contributed by atoms with E-state index in [0.717, 1.165) is 5.56 Å². The van der Waals surface area contributed by atoms with Crippen LogP contribution < -0.4 is 11.1 Å². The third kappa shape index (κ3) is 4.62. The third-order valence-corrected chi connectivity index (χ3v) is 6.25. The number of nitrogens with zero attached hydrogens (tertiary/aromatic N) is 3. The average Bonchev–Trinajstić information content (AvgIpc) is 3.16. The first-order valence-corrected chi connectivity index (χ1v) is 10.2. The van der Waals surface area contributed by atoms with Crippen LogP contribution >= 0.6 is 57.6 Å². The van der Waals surface area contributed by atoms with Crippen molar-refractivity contribution in [1.82, 2.24) is 15.2 Å². The lowest BCUT2D eigenvalue weighted by Gasteiger charge is -2.07. The zero-order valence-electron chi connectivity index (χ0n) is 12.7. The molecule has 1 atom stereocenters. The van der Waals surface area contributed by atoms with Gasteiger partial charge in [-0.15, -0.1) is 21.5 Å². The van der Waals surface area contributed by atoms with E-state index in [-0.39, 0.29) is 11.2 Å². The maximum atomic E-state index is 12.3. The van der Waals surface area contributed by atoms with Gasteiger partial charge in [-0.1, -0.05) is 46.3 Å². The van der Waals surface area contributed by atoms with Crippen LogP contribution in [0.25, 0.3) is 11.3 Å². The van der Waals surface area contributed by atoms with Gasteiger partial charge in [0, 0.05) is 16.0 Å². The highest BCUT2D eigenvalue weighted by Gasteiger charge is 2.18. The summed E-state index contributed by atoms with van der Waals surface area (Å²) in [5.74, 6) is -0.179. The van der Waals surface area contributed by atoms with Crippen molar-refractivity contribution in [3.63, 3.8) is 0 Å². The smallest absolute Gasteiger partial charge is 0.239 e. The zero-order valence-corrected chi connectivity index (χ0v) is 16.7. The molecule has 6 nitrogen and oxygen atoms in total. The van der Waals surface area contributed by atoms with Crippen molar-refractivity contribution in [2.45, 2.75) is 16.5 Å². The van der Waals surface area contributed by atoms with Crippen molar-refractivity contribution in [2.24, 2.45) is 0 Å². The highest BCUT2D eigenvalue weighted by Crippen LogP contribution is 2.33. The van der Waals surface area contributed by atoms with Crippen molar-refractivity contribution in [2.75, 3.05) is 11.1 Å². The maximum absolute atomic E-state index is 12.3. The monoisotopic (exact) mass is 431 g/mol. The van der Waals surface area contributed by atoms with E-state index in [1.54, 1.807) is 25.1 Å². The fraction of sp³-hybridized carbons (Fsp3) is 0.143. The first kappa shape index (κ1) is 18.4. The summed E-state index contributed by atoms with van der Waals surface area (Å²) in [7, 11) is 0. The normalized spacial score (nSPS) is 12.1. The number of rotatable bonds is 5. The summed E-state index contributed by atoms with van der Waals surface area (Å²) in [6.45, 7) is 1.78. The Balaban J connectivity index is 1.67. The number of thiazole rings is 1. The molecule has 0 radical (unpaired) electrons. The molecule has 3 aromatic rings. The lowest BCUT2D eigenvalue weighted by molar-refractivity contribution is -0.115. The minimum atomic E-state index is -0.362. The SMILES string of the molecule is CC(Sc1nnc(N)s1)C(=O)Nc1nc(-c2ccc(Cl)cc2Cl)cs1. The van der Waals surface area contributed by atoms with Gasteiger partial charge in [-0.05, 0) is 25.1 Å². The number of aromatic nitrogens is 3. The number of carbonyl (C=O) groups excluding carboxylic acids is 1. The largest absolute Gasteiger partial charge is 0.374 e. The van der Waals surface area contributed by atoms with E-state index in [1.165, 1.54) is 34.4 Å². The van der Waals surface area contributed by atoms with Gasteiger partial charge in [0.1, 0.15) is 0 Å². The lowest BCUT2D eigenvalue weighted by Crippen LogP contribution is -2.22. The molecule has 0 saturated carbocycles. The molecular formula is C14H11Cl2N5OS3. The van der Waals surface area contributed by atoms with Gasteiger partial charge in [-0.2, -0.15) is 0 Å². The fourth-order valence-corrected chi connectivity index (χ4v) is 4.83. The van der Waals surface area contributed by atoms with Crippen molar-refractivity contribution in [3.8, 4) is 11.3 Å². The second-order valence-electron chi connectivity index (χ2n) is 4.82. The number of nitrogen functional groups attached to an aromatic ring is 1. The predicted molar refractivity (Wildman–Crippen MR) is 106 cm³/mol. The Kier molecular flexibility index (Phi) is 5.80. The van der Waals surface area contributed by atoms with Crippen LogP contribution in [0.1, 0.15) is 6.92 Å². The molecule has 130 valence electrons. The number of thioether (sulfide) groups is 1. The third-order valence-electron chi connectivity index (χ3n) is 3.01. The van der Waals surface area contributed by atoms with Crippen LogP contribution in [0, 0.1) is 0 Å². The number of carbonyl (C=O) groups is 1. The fourth-order valence-electron chi connectivity index (χ4n) is 1.83. The van der Waals surface area contributed by atoms with Gasteiger partial charge in [-0.25, -0.2) is 4.98 Å². The highest BCUT2D eigenvalue weighted by atomic mass is 35.5. The second kappa shape index (κ2) is 7.88. The number of halogens is 2. The summed E-state index contributed by atoms with van der Waals surface area (Å²) < 4.78 is 0.646. The van der Waals surface area contributed by atoms with Crippen LogP contribution in [0.2, 0.25) is 10.0 Å². The topological polar surface area (TPSA) is 93.8 Å². The number of anilines is 2. The first-order chi connectivity index (χ1) is 11.9. The standard InChI is InChI=1S/C14H11Cl2N5OS3/c1-6(24-14-21-20-12(17)25-14)11(22)19-13-18-10(5-23-13)8-3-2-7(15)4-9(8)16/h2-6H,1H3,(H2,17,20)(H,18,19,22). The average molecular weight is 432 g/mol. The molecule has 1 amide bonds. The van der Waals surface area contributed by atoms with Crippen molar-refractivity contribution >= 4 is 73.8 Å². The summed E-state index contributed by atoms with van der Waals surface area (Å²) in [5, 5.41) is 13.8. The molecule has 0 spiro atoms. The van der Waals surface area contributed by atoms with Gasteiger partial charge >= 0.3 is 0 Å². The minimum Gasteiger partial charge on any atom is -0.374 e. The van der Waals surface area contributed by atoms with Gasteiger partial charge in [0.2, 0.25) is 11.0 Å². The molecule has 2 heterocycles. The molecule has 0 aliphatic rings. The predicted octanol–water partition coefficient (Wildman–Crippen LogP) is 4.67. The maximum Gasteiger partial charge on any atom is 0.239 e. The van der Waals surface area contributed by atoms with Crippen molar-refractivity contribution in [1.29, 1.82) is 0 Å². The van der Waals surface area contributed by atoms with Crippen LogP contribution in [0.3, 0.4) is 0 Å². The molecule has 0 aliphatic carbocycles. The highest BCUT2D eigenvalue weighted by molar-refractivity contribution is 8.02. The summed E-state index contributed by atoms with van der Waals surface area (Å²) >= 11 is 16.0. The van der Waals surface area contributed by atoms with Crippen LogP contribution in [0.15, 0.2) is 27.9 Å². The molecule has 2 aromatic heterocycles. The van der Waals surface area contributed by atoms with Gasteiger partial charge in [0.15, 0.2) is 9.47 Å². The number of nitrogens with one attached hydrogen (secondary N) is 1. The summed E-state index contributed by atoms with van der Waals surface area (Å²) in [6, 6.07) is 5.19. The molecule has 1 unspecified atom stereocenters. The van der Waals surface area contributed by atoms with E-state index in [9.17, 15) is 4.79 Å². The Morgan fingerprint density at radius 2 is 2.16 bits per heavy atom. The summed E-state index contributed by atoms with van der Waals surface area (Å²) in [4.78, 5) is 16.7. The van der Waals surface area contributed by atoms with E-state index >= 15 is 0 Å². The molecule has 0 aliphatic heterocycles. The number of hydrogen-bond acceptors (Lipinski definition) is 8. The van der Waals surface area contributed by atoms with E-state index in [0.29, 0.717) is 30.3 Å². The van der Waals surface area contributed by atoms with Crippen LogP contribution in [0.4, 0.5) is 10.3 Å². The van der Waals surface area contributed by atoms with Gasteiger partial charge in [-0.3, -0.25) is 4.79 Å². The van der Waals surface area contributed by atoms with Gasteiger partial charge < -0.3 is 11.1 Å². The quantitative estimate of drug-likeness (QED) is 0.569. The molecular weight excluding hydrogens is 421 g/mol. The number of benzene rings is 1. The van der Waals surface area contributed by atoms with Crippen LogP contribution in [-0.4, -0.2) is 26.3 Å². The molecule has 0 saturated heterocycles.